The van der Waals surface area contributed by atoms with Gasteiger partial charge in [-0.1, -0.05) is 39.0 Å². The Morgan fingerprint density at radius 2 is 1.55 bits per heavy atom. The zero-order chi connectivity index (χ0) is 20.9. The van der Waals surface area contributed by atoms with Crippen LogP contribution in [0.4, 0.5) is 5.69 Å². The van der Waals surface area contributed by atoms with E-state index in [0.717, 1.165) is 16.8 Å². The summed E-state index contributed by atoms with van der Waals surface area (Å²) in [5.74, 6) is -0.600. The Labute approximate surface area is 170 Å². The highest BCUT2D eigenvalue weighted by Gasteiger charge is 2.19. The highest BCUT2D eigenvalue weighted by molar-refractivity contribution is 6.06. The van der Waals surface area contributed by atoms with Crippen molar-refractivity contribution in [3.8, 4) is 0 Å². The summed E-state index contributed by atoms with van der Waals surface area (Å²) in [7, 11) is 0. The van der Waals surface area contributed by atoms with Crippen LogP contribution in [0, 0.1) is 0 Å². The molecule has 0 spiro atoms. The average molecular weight is 388 g/mol. The minimum Gasteiger partial charge on any atom is -0.348 e. The van der Waals surface area contributed by atoms with Gasteiger partial charge in [-0.25, -0.2) is 0 Å². The summed E-state index contributed by atoms with van der Waals surface area (Å²) in [5, 5.41) is 5.76. The van der Waals surface area contributed by atoms with E-state index in [4.69, 9.17) is 0 Å². The van der Waals surface area contributed by atoms with Gasteiger partial charge in [-0.2, -0.15) is 0 Å². The third-order valence-corrected chi connectivity index (χ3v) is 4.45. The number of benzene rings is 1. The minimum absolute atomic E-state index is 0.114. The highest BCUT2D eigenvalue weighted by Crippen LogP contribution is 2.29. The number of amides is 2. The number of anilines is 1. The number of nitrogens with one attached hydrogen (secondary N) is 2. The molecule has 0 saturated heterocycles. The van der Waals surface area contributed by atoms with E-state index in [1.807, 2.05) is 36.4 Å². The van der Waals surface area contributed by atoms with Gasteiger partial charge in [0.25, 0.3) is 11.8 Å². The number of aromatic nitrogens is 2. The van der Waals surface area contributed by atoms with Crippen molar-refractivity contribution in [3.05, 3.63) is 89.5 Å². The molecule has 0 aliphatic heterocycles. The van der Waals surface area contributed by atoms with Crippen molar-refractivity contribution in [1.29, 1.82) is 0 Å². The van der Waals surface area contributed by atoms with Gasteiger partial charge in [-0.15, -0.1) is 0 Å². The molecular formula is C23H24N4O2. The standard InChI is InChI=1S/C23H24N4O2/c1-23(2,3)19-6-4-5-7-20(19)27-22(29)18-12-17(14-25-15-18)21(28)26-13-16-8-10-24-11-9-16/h4-12,14-15H,13H2,1-3H3,(H,26,28)(H,27,29). The quantitative estimate of drug-likeness (QED) is 0.693. The molecular weight excluding hydrogens is 364 g/mol. The van der Waals surface area contributed by atoms with Gasteiger partial charge in [-0.05, 0) is 40.8 Å². The second-order valence-corrected chi connectivity index (χ2v) is 7.75. The summed E-state index contributed by atoms with van der Waals surface area (Å²) in [6.45, 7) is 6.64. The molecule has 2 aromatic heterocycles. The van der Waals surface area contributed by atoms with Crippen LogP contribution in [-0.4, -0.2) is 21.8 Å². The van der Waals surface area contributed by atoms with Crippen molar-refractivity contribution in [2.24, 2.45) is 0 Å². The lowest BCUT2D eigenvalue weighted by Crippen LogP contribution is -2.24. The van der Waals surface area contributed by atoms with E-state index in [9.17, 15) is 9.59 Å². The number of para-hydroxylation sites is 1. The largest absolute Gasteiger partial charge is 0.348 e. The number of carbonyl (C=O) groups is 2. The van der Waals surface area contributed by atoms with Crippen LogP contribution in [0.2, 0.25) is 0 Å². The van der Waals surface area contributed by atoms with Crippen molar-refractivity contribution in [3.63, 3.8) is 0 Å². The minimum atomic E-state index is -0.307. The monoisotopic (exact) mass is 388 g/mol. The second kappa shape index (κ2) is 8.65. The SMILES string of the molecule is CC(C)(C)c1ccccc1NC(=O)c1cncc(C(=O)NCc2ccncc2)c1. The van der Waals surface area contributed by atoms with Gasteiger partial charge in [-0.3, -0.25) is 19.6 Å². The molecule has 0 aliphatic rings. The first kappa shape index (κ1) is 20.2. The Kier molecular flexibility index (Phi) is 6.02. The number of rotatable bonds is 5. The average Bonchev–Trinajstić information content (AvgIpc) is 2.72. The maximum atomic E-state index is 12.8. The highest BCUT2D eigenvalue weighted by atomic mass is 16.2. The predicted molar refractivity (Wildman–Crippen MR) is 113 cm³/mol. The van der Waals surface area contributed by atoms with Gasteiger partial charge in [0.2, 0.25) is 0 Å². The maximum absolute atomic E-state index is 12.8. The van der Waals surface area contributed by atoms with Crippen LogP contribution in [0.15, 0.2) is 67.3 Å². The molecule has 2 amide bonds. The van der Waals surface area contributed by atoms with Crippen molar-refractivity contribution >= 4 is 17.5 Å². The number of nitrogens with zero attached hydrogens (tertiary/aromatic N) is 2. The zero-order valence-corrected chi connectivity index (χ0v) is 16.8. The van der Waals surface area contributed by atoms with Gasteiger partial charge in [0, 0.05) is 37.0 Å². The molecule has 0 aliphatic carbocycles. The van der Waals surface area contributed by atoms with Crippen LogP contribution in [0.3, 0.4) is 0 Å². The molecule has 0 atom stereocenters. The van der Waals surface area contributed by atoms with Crippen LogP contribution in [-0.2, 0) is 12.0 Å². The van der Waals surface area contributed by atoms with E-state index in [-0.39, 0.29) is 17.2 Å². The first-order valence-electron chi connectivity index (χ1n) is 9.37. The maximum Gasteiger partial charge on any atom is 0.257 e. The topological polar surface area (TPSA) is 84.0 Å². The molecule has 0 fully saturated rings. The Morgan fingerprint density at radius 1 is 0.897 bits per heavy atom. The Hall–Kier alpha value is -3.54. The summed E-state index contributed by atoms with van der Waals surface area (Å²) in [6.07, 6.45) is 6.24. The summed E-state index contributed by atoms with van der Waals surface area (Å²) in [4.78, 5) is 33.2. The number of hydrogen-bond donors (Lipinski definition) is 2. The first-order chi connectivity index (χ1) is 13.8. The summed E-state index contributed by atoms with van der Waals surface area (Å²) >= 11 is 0. The van der Waals surface area contributed by atoms with Crippen LogP contribution in [0.1, 0.15) is 52.6 Å². The number of carbonyl (C=O) groups excluding carboxylic acids is 2. The fourth-order valence-corrected chi connectivity index (χ4v) is 2.91. The molecule has 0 unspecified atom stereocenters. The van der Waals surface area contributed by atoms with Gasteiger partial charge < -0.3 is 10.6 Å². The van der Waals surface area contributed by atoms with E-state index >= 15 is 0 Å². The fourth-order valence-electron chi connectivity index (χ4n) is 2.91. The summed E-state index contributed by atoms with van der Waals surface area (Å²) < 4.78 is 0. The molecule has 0 radical (unpaired) electrons. The third kappa shape index (κ3) is 5.25. The lowest BCUT2D eigenvalue weighted by molar-refractivity contribution is 0.0950. The Bertz CT molecular complexity index is 1010. The van der Waals surface area contributed by atoms with E-state index in [2.05, 4.69) is 41.4 Å². The van der Waals surface area contributed by atoms with E-state index < -0.39 is 0 Å². The van der Waals surface area contributed by atoms with Gasteiger partial charge >= 0.3 is 0 Å². The predicted octanol–water partition coefficient (Wildman–Crippen LogP) is 3.96. The van der Waals surface area contributed by atoms with E-state index in [1.165, 1.54) is 12.4 Å². The van der Waals surface area contributed by atoms with Crippen molar-refractivity contribution < 1.29 is 9.59 Å². The van der Waals surface area contributed by atoms with Gasteiger partial charge in [0.15, 0.2) is 0 Å². The summed E-state index contributed by atoms with van der Waals surface area (Å²) in [5.41, 5.74) is 3.26. The zero-order valence-electron chi connectivity index (χ0n) is 16.8. The lowest BCUT2D eigenvalue weighted by atomic mass is 9.86. The molecule has 6 nitrogen and oxygen atoms in total. The Balaban J connectivity index is 1.72. The van der Waals surface area contributed by atoms with E-state index in [0.29, 0.717) is 17.7 Å². The molecule has 0 saturated carbocycles. The number of hydrogen-bond acceptors (Lipinski definition) is 4. The van der Waals surface area contributed by atoms with Crippen LogP contribution >= 0.6 is 0 Å². The van der Waals surface area contributed by atoms with Crippen molar-refractivity contribution in [2.45, 2.75) is 32.7 Å². The molecule has 3 rings (SSSR count). The van der Waals surface area contributed by atoms with Crippen LogP contribution in [0.5, 0.6) is 0 Å². The smallest absolute Gasteiger partial charge is 0.257 e. The van der Waals surface area contributed by atoms with E-state index in [1.54, 1.807) is 18.5 Å². The molecule has 6 heteroatoms. The lowest BCUT2D eigenvalue weighted by Gasteiger charge is -2.23. The third-order valence-electron chi connectivity index (χ3n) is 4.45. The molecule has 3 aromatic rings. The molecule has 0 bridgehead atoms. The van der Waals surface area contributed by atoms with Crippen LogP contribution < -0.4 is 10.6 Å². The van der Waals surface area contributed by atoms with Crippen LogP contribution in [0.25, 0.3) is 0 Å². The van der Waals surface area contributed by atoms with Gasteiger partial charge in [0.05, 0.1) is 11.1 Å². The normalized spacial score (nSPS) is 11.0. The van der Waals surface area contributed by atoms with Crippen molar-refractivity contribution in [1.82, 2.24) is 15.3 Å². The summed E-state index contributed by atoms with van der Waals surface area (Å²) in [6, 6.07) is 12.9. The molecule has 2 N–H and O–H groups in total. The number of pyridine rings is 2. The first-order valence-corrected chi connectivity index (χ1v) is 9.37. The molecule has 29 heavy (non-hydrogen) atoms. The molecule has 2 heterocycles. The van der Waals surface area contributed by atoms with Crippen molar-refractivity contribution in [2.75, 3.05) is 5.32 Å². The Morgan fingerprint density at radius 3 is 2.24 bits per heavy atom. The van der Waals surface area contributed by atoms with Gasteiger partial charge in [0.1, 0.15) is 0 Å². The molecule has 1 aromatic carbocycles. The second-order valence-electron chi connectivity index (χ2n) is 7.75. The molecule has 148 valence electrons. The fraction of sp³-hybridized carbons (Fsp3) is 0.217.